The SMILES string of the molecule is CCC(=O)Nc1cccc(NC(=O)c2c[nH]c3ccccc3c2=O)c1. The quantitative estimate of drug-likeness (QED) is 0.684. The molecule has 0 unspecified atom stereocenters. The molecule has 0 fully saturated rings. The van der Waals surface area contributed by atoms with E-state index in [-0.39, 0.29) is 16.9 Å². The van der Waals surface area contributed by atoms with Gasteiger partial charge in [-0.05, 0) is 30.3 Å². The van der Waals surface area contributed by atoms with Crippen molar-refractivity contribution >= 4 is 34.1 Å². The highest BCUT2D eigenvalue weighted by Crippen LogP contribution is 2.16. The number of hydrogen-bond acceptors (Lipinski definition) is 3. The first kappa shape index (κ1) is 16.4. The summed E-state index contributed by atoms with van der Waals surface area (Å²) in [5.74, 6) is -0.625. The van der Waals surface area contributed by atoms with Crippen molar-refractivity contribution in [3.63, 3.8) is 0 Å². The summed E-state index contributed by atoms with van der Waals surface area (Å²) in [7, 11) is 0. The molecule has 3 aromatic rings. The summed E-state index contributed by atoms with van der Waals surface area (Å²) in [6.07, 6.45) is 1.77. The third kappa shape index (κ3) is 3.58. The Balaban J connectivity index is 1.85. The lowest BCUT2D eigenvalue weighted by Crippen LogP contribution is -2.22. The van der Waals surface area contributed by atoms with E-state index in [0.29, 0.717) is 28.7 Å². The first-order chi connectivity index (χ1) is 12.1. The van der Waals surface area contributed by atoms with E-state index >= 15 is 0 Å². The van der Waals surface area contributed by atoms with Gasteiger partial charge in [0.2, 0.25) is 11.3 Å². The first-order valence-corrected chi connectivity index (χ1v) is 7.90. The van der Waals surface area contributed by atoms with Crippen LogP contribution in [0.1, 0.15) is 23.7 Å². The standard InChI is InChI=1S/C19H17N3O3/c1-2-17(23)21-12-6-5-7-13(10-12)22-19(25)15-11-20-16-9-4-3-8-14(16)18(15)24/h3-11H,2H2,1H3,(H,20,24)(H,21,23)(H,22,25). The highest BCUT2D eigenvalue weighted by atomic mass is 16.2. The normalized spacial score (nSPS) is 10.4. The Hall–Kier alpha value is -3.41. The number of fused-ring (bicyclic) bond motifs is 1. The fourth-order valence-corrected chi connectivity index (χ4v) is 2.46. The number of para-hydroxylation sites is 1. The van der Waals surface area contributed by atoms with Gasteiger partial charge < -0.3 is 15.6 Å². The molecule has 0 radical (unpaired) electrons. The van der Waals surface area contributed by atoms with Crippen LogP contribution in [0.2, 0.25) is 0 Å². The van der Waals surface area contributed by atoms with Gasteiger partial charge in [0.1, 0.15) is 5.56 Å². The third-order valence-corrected chi connectivity index (χ3v) is 3.76. The van der Waals surface area contributed by atoms with Crippen LogP contribution in [0.4, 0.5) is 11.4 Å². The zero-order valence-electron chi connectivity index (χ0n) is 13.6. The summed E-state index contributed by atoms with van der Waals surface area (Å²) in [5, 5.41) is 5.87. The van der Waals surface area contributed by atoms with Crippen molar-refractivity contribution in [1.29, 1.82) is 0 Å². The molecule has 0 saturated heterocycles. The van der Waals surface area contributed by atoms with Gasteiger partial charge >= 0.3 is 0 Å². The van der Waals surface area contributed by atoms with Gasteiger partial charge in [-0.1, -0.05) is 25.1 Å². The Morgan fingerprint density at radius 2 is 1.72 bits per heavy atom. The molecule has 0 atom stereocenters. The van der Waals surface area contributed by atoms with Gasteiger partial charge in [-0.2, -0.15) is 0 Å². The van der Waals surface area contributed by atoms with Crippen molar-refractivity contribution in [1.82, 2.24) is 4.98 Å². The molecule has 1 heterocycles. The topological polar surface area (TPSA) is 91.1 Å². The molecule has 2 amide bonds. The molecule has 0 aliphatic carbocycles. The van der Waals surface area contributed by atoms with Crippen molar-refractivity contribution in [2.75, 3.05) is 10.6 Å². The van der Waals surface area contributed by atoms with Gasteiger partial charge in [0.25, 0.3) is 5.91 Å². The maximum absolute atomic E-state index is 12.5. The zero-order chi connectivity index (χ0) is 17.8. The second-order valence-electron chi connectivity index (χ2n) is 5.51. The molecule has 0 spiro atoms. The number of nitrogens with one attached hydrogen (secondary N) is 3. The van der Waals surface area contributed by atoms with Crippen LogP contribution in [0.3, 0.4) is 0 Å². The molecule has 3 rings (SSSR count). The summed E-state index contributed by atoms with van der Waals surface area (Å²) in [6.45, 7) is 1.76. The number of H-pyrrole nitrogens is 1. The predicted octanol–water partition coefficient (Wildman–Crippen LogP) is 3.13. The lowest BCUT2D eigenvalue weighted by Gasteiger charge is -2.08. The van der Waals surface area contributed by atoms with Gasteiger partial charge in [-0.15, -0.1) is 0 Å². The number of hydrogen-bond donors (Lipinski definition) is 3. The van der Waals surface area contributed by atoms with Crippen molar-refractivity contribution in [2.24, 2.45) is 0 Å². The van der Waals surface area contributed by atoms with Gasteiger partial charge in [0.05, 0.1) is 0 Å². The summed E-state index contributed by atoms with van der Waals surface area (Å²) in [5.41, 5.74) is 1.45. The molecule has 126 valence electrons. The van der Waals surface area contributed by atoms with Crippen LogP contribution in [-0.2, 0) is 4.79 Å². The van der Waals surface area contributed by atoms with Crippen LogP contribution >= 0.6 is 0 Å². The number of benzene rings is 2. The number of anilines is 2. The van der Waals surface area contributed by atoms with Gasteiger partial charge in [-0.3, -0.25) is 14.4 Å². The molecular weight excluding hydrogens is 318 g/mol. The summed E-state index contributed by atoms with van der Waals surface area (Å²) >= 11 is 0. The van der Waals surface area contributed by atoms with Crippen molar-refractivity contribution in [3.05, 3.63) is 70.5 Å². The minimum atomic E-state index is -0.508. The molecule has 6 nitrogen and oxygen atoms in total. The number of carbonyl (C=O) groups is 2. The molecule has 0 saturated carbocycles. The maximum atomic E-state index is 12.5. The second kappa shape index (κ2) is 7.00. The van der Waals surface area contributed by atoms with Crippen LogP contribution in [0.25, 0.3) is 10.9 Å². The molecule has 0 bridgehead atoms. The highest BCUT2D eigenvalue weighted by Gasteiger charge is 2.13. The fourth-order valence-electron chi connectivity index (χ4n) is 2.46. The minimum absolute atomic E-state index is 0.0293. The van der Waals surface area contributed by atoms with E-state index in [4.69, 9.17) is 0 Å². The number of carbonyl (C=O) groups excluding carboxylic acids is 2. The number of pyridine rings is 1. The van der Waals surface area contributed by atoms with E-state index in [1.807, 2.05) is 6.07 Å². The first-order valence-electron chi connectivity index (χ1n) is 7.90. The smallest absolute Gasteiger partial charge is 0.261 e. The van der Waals surface area contributed by atoms with Crippen molar-refractivity contribution in [3.8, 4) is 0 Å². The maximum Gasteiger partial charge on any atom is 0.261 e. The fraction of sp³-hybridized carbons (Fsp3) is 0.105. The number of amides is 2. The van der Waals surface area contributed by atoms with E-state index in [9.17, 15) is 14.4 Å². The molecule has 3 N–H and O–H groups in total. The Bertz CT molecular complexity index is 1010. The third-order valence-electron chi connectivity index (χ3n) is 3.76. The van der Waals surface area contributed by atoms with Crippen molar-refractivity contribution in [2.45, 2.75) is 13.3 Å². The molecule has 6 heteroatoms. The monoisotopic (exact) mass is 335 g/mol. The lowest BCUT2D eigenvalue weighted by atomic mass is 10.1. The molecule has 1 aromatic heterocycles. The second-order valence-corrected chi connectivity index (χ2v) is 5.51. The van der Waals surface area contributed by atoms with Crippen LogP contribution < -0.4 is 16.1 Å². The number of aromatic nitrogens is 1. The van der Waals surface area contributed by atoms with E-state index < -0.39 is 5.91 Å². The van der Waals surface area contributed by atoms with Gasteiger partial charge in [0.15, 0.2) is 0 Å². The average molecular weight is 335 g/mol. The Kier molecular flexibility index (Phi) is 4.61. The van der Waals surface area contributed by atoms with Gasteiger partial charge in [-0.25, -0.2) is 0 Å². The van der Waals surface area contributed by atoms with Crippen LogP contribution in [0.15, 0.2) is 59.5 Å². The minimum Gasteiger partial charge on any atom is -0.360 e. The van der Waals surface area contributed by atoms with E-state index in [1.165, 1.54) is 6.20 Å². The van der Waals surface area contributed by atoms with Crippen LogP contribution in [0, 0.1) is 0 Å². The highest BCUT2D eigenvalue weighted by molar-refractivity contribution is 6.06. The molecule has 0 aliphatic rings. The zero-order valence-corrected chi connectivity index (χ0v) is 13.6. The van der Waals surface area contributed by atoms with Crippen LogP contribution in [0.5, 0.6) is 0 Å². The summed E-state index contributed by atoms with van der Waals surface area (Å²) < 4.78 is 0. The molecule has 25 heavy (non-hydrogen) atoms. The Morgan fingerprint density at radius 3 is 2.48 bits per heavy atom. The van der Waals surface area contributed by atoms with E-state index in [2.05, 4.69) is 15.6 Å². The molecule has 2 aromatic carbocycles. The predicted molar refractivity (Wildman–Crippen MR) is 97.9 cm³/mol. The Morgan fingerprint density at radius 1 is 1.00 bits per heavy atom. The number of aromatic amines is 1. The lowest BCUT2D eigenvalue weighted by molar-refractivity contribution is -0.115. The summed E-state index contributed by atoms with van der Waals surface area (Å²) in [4.78, 5) is 39.3. The number of rotatable bonds is 4. The van der Waals surface area contributed by atoms with E-state index in [0.717, 1.165) is 0 Å². The average Bonchev–Trinajstić information content (AvgIpc) is 2.62. The molecular formula is C19H17N3O3. The molecule has 0 aliphatic heterocycles. The largest absolute Gasteiger partial charge is 0.360 e. The summed E-state index contributed by atoms with van der Waals surface area (Å²) in [6, 6.07) is 13.8. The van der Waals surface area contributed by atoms with Gasteiger partial charge in [0, 0.05) is 34.9 Å². The Labute approximate surface area is 143 Å². The van der Waals surface area contributed by atoms with Crippen LogP contribution in [-0.4, -0.2) is 16.8 Å². The van der Waals surface area contributed by atoms with E-state index in [1.54, 1.807) is 49.4 Å². The van der Waals surface area contributed by atoms with Crippen molar-refractivity contribution < 1.29 is 9.59 Å².